The van der Waals surface area contributed by atoms with E-state index in [1.54, 1.807) is 6.92 Å². The van der Waals surface area contributed by atoms with Gasteiger partial charge in [-0.05, 0) is 18.6 Å². The van der Waals surface area contributed by atoms with Crippen LogP contribution in [0.1, 0.15) is 5.56 Å². The number of hydrogen-bond acceptors (Lipinski definition) is 8. The Hall–Kier alpha value is -3.30. The molecule has 21 heavy (non-hydrogen) atoms. The molecule has 0 saturated carbocycles. The topological polar surface area (TPSA) is 147 Å². The second kappa shape index (κ2) is 5.36. The number of hydrogen-bond donors (Lipinski definition) is 1. The molecule has 0 aliphatic carbocycles. The molecule has 0 bridgehead atoms. The molecule has 2 aromatic rings. The van der Waals surface area contributed by atoms with Crippen LogP contribution in [0, 0.1) is 27.2 Å². The number of rotatable bonds is 4. The van der Waals surface area contributed by atoms with E-state index in [0.717, 1.165) is 6.20 Å². The smallest absolute Gasteiger partial charge is 0.349 e. The summed E-state index contributed by atoms with van der Waals surface area (Å²) in [6.45, 7) is 1.57. The van der Waals surface area contributed by atoms with E-state index in [4.69, 9.17) is 10.5 Å². The van der Waals surface area contributed by atoms with Crippen molar-refractivity contribution >= 4 is 17.3 Å². The van der Waals surface area contributed by atoms with Crippen LogP contribution in [0.4, 0.5) is 17.3 Å². The molecule has 0 spiro atoms. The molecule has 10 nitrogen and oxygen atoms in total. The second-order valence-electron chi connectivity index (χ2n) is 3.98. The average Bonchev–Trinajstić information content (AvgIpc) is 2.40. The molecule has 10 heteroatoms. The molecule has 0 saturated heterocycles. The van der Waals surface area contributed by atoms with Crippen LogP contribution in [-0.2, 0) is 0 Å². The van der Waals surface area contributed by atoms with Crippen molar-refractivity contribution in [3.63, 3.8) is 0 Å². The summed E-state index contributed by atoms with van der Waals surface area (Å²) in [6.07, 6.45) is 0.929. The molecule has 1 heterocycles. The first kappa shape index (κ1) is 14.1. The third-order valence-corrected chi connectivity index (χ3v) is 2.53. The number of anilines is 1. The van der Waals surface area contributed by atoms with Gasteiger partial charge >= 0.3 is 11.6 Å². The highest BCUT2D eigenvalue weighted by Gasteiger charge is 2.20. The van der Waals surface area contributed by atoms with Gasteiger partial charge < -0.3 is 10.5 Å². The van der Waals surface area contributed by atoms with Crippen LogP contribution in [-0.4, -0.2) is 19.8 Å². The van der Waals surface area contributed by atoms with Gasteiger partial charge in [0, 0.05) is 12.1 Å². The molecule has 2 N–H and O–H groups in total. The fourth-order valence-corrected chi connectivity index (χ4v) is 1.54. The molecule has 0 aliphatic rings. The Labute approximate surface area is 117 Å². The van der Waals surface area contributed by atoms with Crippen molar-refractivity contribution in [2.45, 2.75) is 6.92 Å². The van der Waals surface area contributed by atoms with Crippen molar-refractivity contribution in [1.82, 2.24) is 9.97 Å². The minimum Gasteiger partial charge on any atom is -0.433 e. The summed E-state index contributed by atoms with van der Waals surface area (Å²) in [6, 6.07) is 3.83. The van der Waals surface area contributed by atoms with Crippen LogP contribution in [0.3, 0.4) is 0 Å². The quantitative estimate of drug-likeness (QED) is 0.663. The monoisotopic (exact) mass is 291 g/mol. The molecule has 0 unspecified atom stereocenters. The Balaban J connectivity index is 2.40. The van der Waals surface area contributed by atoms with E-state index < -0.39 is 15.5 Å². The molecule has 0 amide bonds. The standard InChI is InChI=1S/C11H9N5O5/c1-6-4-7(15(17)18)2-3-9(6)21-10-8(16(19)20)5-13-11(12)14-10/h2-5H,1H3,(H2,12,13,14). The molecule has 108 valence electrons. The van der Waals surface area contributed by atoms with Crippen LogP contribution in [0.2, 0.25) is 0 Å². The lowest BCUT2D eigenvalue weighted by atomic mass is 10.2. The van der Waals surface area contributed by atoms with E-state index in [0.29, 0.717) is 5.56 Å². The first-order valence-electron chi connectivity index (χ1n) is 5.58. The van der Waals surface area contributed by atoms with Crippen molar-refractivity contribution in [2.24, 2.45) is 0 Å². The van der Waals surface area contributed by atoms with Gasteiger partial charge in [-0.15, -0.1) is 0 Å². The van der Waals surface area contributed by atoms with Gasteiger partial charge in [-0.25, -0.2) is 4.98 Å². The third kappa shape index (κ3) is 3.00. The lowest BCUT2D eigenvalue weighted by molar-refractivity contribution is -0.386. The predicted molar refractivity (Wildman–Crippen MR) is 71.0 cm³/mol. The molecule has 0 radical (unpaired) electrons. The third-order valence-electron chi connectivity index (χ3n) is 2.53. The lowest BCUT2D eigenvalue weighted by Gasteiger charge is -2.07. The van der Waals surface area contributed by atoms with Gasteiger partial charge in [0.15, 0.2) is 0 Å². The van der Waals surface area contributed by atoms with E-state index in [2.05, 4.69) is 9.97 Å². The number of benzene rings is 1. The van der Waals surface area contributed by atoms with Gasteiger partial charge in [0.05, 0.1) is 9.85 Å². The van der Waals surface area contributed by atoms with E-state index in [9.17, 15) is 20.2 Å². The molecule has 1 aromatic heterocycles. The van der Waals surface area contributed by atoms with Crippen molar-refractivity contribution in [3.8, 4) is 11.6 Å². The predicted octanol–water partition coefficient (Wildman–Crippen LogP) is 1.98. The summed E-state index contributed by atoms with van der Waals surface area (Å²) < 4.78 is 5.32. The maximum atomic E-state index is 10.9. The zero-order chi connectivity index (χ0) is 15.6. The molecular weight excluding hydrogens is 282 g/mol. The highest BCUT2D eigenvalue weighted by atomic mass is 16.6. The fraction of sp³-hybridized carbons (Fsp3) is 0.0909. The van der Waals surface area contributed by atoms with Gasteiger partial charge in [0.25, 0.3) is 5.69 Å². The van der Waals surface area contributed by atoms with E-state index >= 15 is 0 Å². The molecule has 0 fully saturated rings. The number of nitrogens with zero attached hydrogens (tertiary/aromatic N) is 4. The van der Waals surface area contributed by atoms with Gasteiger partial charge in [-0.3, -0.25) is 20.2 Å². The Kier molecular flexibility index (Phi) is 3.61. The minimum absolute atomic E-state index is 0.114. The van der Waals surface area contributed by atoms with Crippen molar-refractivity contribution in [2.75, 3.05) is 5.73 Å². The number of ether oxygens (including phenoxy) is 1. The maximum absolute atomic E-state index is 10.9. The summed E-state index contributed by atoms with van der Waals surface area (Å²) in [4.78, 5) is 27.4. The molecule has 0 atom stereocenters. The van der Waals surface area contributed by atoms with Crippen LogP contribution >= 0.6 is 0 Å². The molecule has 2 rings (SSSR count). The van der Waals surface area contributed by atoms with E-state index in [1.807, 2.05) is 0 Å². The van der Waals surface area contributed by atoms with Gasteiger partial charge in [-0.1, -0.05) is 0 Å². The number of non-ortho nitro benzene ring substituents is 1. The molecule has 0 aliphatic heterocycles. The summed E-state index contributed by atoms with van der Waals surface area (Å²) >= 11 is 0. The van der Waals surface area contributed by atoms with Crippen LogP contribution in [0.15, 0.2) is 24.4 Å². The zero-order valence-corrected chi connectivity index (χ0v) is 10.7. The van der Waals surface area contributed by atoms with E-state index in [1.165, 1.54) is 18.2 Å². The Morgan fingerprint density at radius 3 is 2.52 bits per heavy atom. The SMILES string of the molecule is Cc1cc([N+](=O)[O-])ccc1Oc1nc(N)ncc1[N+](=O)[O-]. The second-order valence-corrected chi connectivity index (χ2v) is 3.98. The Morgan fingerprint density at radius 2 is 1.95 bits per heavy atom. The first-order valence-corrected chi connectivity index (χ1v) is 5.58. The highest BCUT2D eigenvalue weighted by molar-refractivity contribution is 5.48. The summed E-state index contributed by atoms with van der Waals surface area (Å²) in [7, 11) is 0. The summed E-state index contributed by atoms with van der Waals surface area (Å²) in [5, 5.41) is 21.5. The lowest BCUT2D eigenvalue weighted by Crippen LogP contribution is -2.02. The fourth-order valence-electron chi connectivity index (χ4n) is 1.54. The molecular formula is C11H9N5O5. The summed E-state index contributed by atoms with van der Waals surface area (Å²) in [5.74, 6) is -0.318. The minimum atomic E-state index is -0.713. The van der Waals surface area contributed by atoms with Crippen molar-refractivity contribution in [3.05, 3.63) is 50.2 Å². The largest absolute Gasteiger partial charge is 0.433 e. The highest BCUT2D eigenvalue weighted by Crippen LogP contribution is 2.32. The Bertz CT molecular complexity index is 733. The number of nitrogens with two attached hydrogens (primary N) is 1. The zero-order valence-electron chi connectivity index (χ0n) is 10.7. The summed E-state index contributed by atoms with van der Waals surface area (Å²) in [5.41, 5.74) is 5.22. The van der Waals surface area contributed by atoms with Crippen molar-refractivity contribution in [1.29, 1.82) is 0 Å². The number of aromatic nitrogens is 2. The number of nitro groups is 2. The van der Waals surface area contributed by atoms with Gasteiger partial charge in [-0.2, -0.15) is 4.98 Å². The van der Waals surface area contributed by atoms with Gasteiger partial charge in [0.2, 0.25) is 5.95 Å². The van der Waals surface area contributed by atoms with Crippen LogP contribution in [0.5, 0.6) is 11.6 Å². The first-order chi connectivity index (χ1) is 9.88. The number of nitrogen functional groups attached to an aromatic ring is 1. The number of nitro benzene ring substituents is 1. The molecule has 1 aromatic carbocycles. The average molecular weight is 291 g/mol. The normalized spacial score (nSPS) is 10.1. The maximum Gasteiger partial charge on any atom is 0.349 e. The van der Waals surface area contributed by atoms with Crippen molar-refractivity contribution < 1.29 is 14.6 Å². The van der Waals surface area contributed by atoms with Crippen LogP contribution < -0.4 is 10.5 Å². The number of aryl methyl sites for hydroxylation is 1. The van der Waals surface area contributed by atoms with Crippen LogP contribution in [0.25, 0.3) is 0 Å². The van der Waals surface area contributed by atoms with E-state index in [-0.39, 0.29) is 23.3 Å². The Morgan fingerprint density at radius 1 is 1.24 bits per heavy atom. The van der Waals surface area contributed by atoms with Gasteiger partial charge in [0.1, 0.15) is 11.9 Å².